The van der Waals surface area contributed by atoms with Gasteiger partial charge in [-0.1, -0.05) is 23.6 Å². The molecule has 1 aliphatic rings. The molecule has 1 aromatic carbocycles. The standard InChI is InChI=1S/C22H23N5O2/c1-3-5-18(28)26-11-4-6-15(12-26)17-13-27(16-9-7-14(2)8-10-16)20-19(17)22(29)25-24-21(20)23/h7-10,13,15H,4,6,11-12H2,1-2H3,(H2,23,24)(H,25,29). The fourth-order valence-electron chi connectivity index (χ4n) is 4.06. The van der Waals surface area contributed by atoms with Crippen LogP contribution in [-0.4, -0.2) is 38.7 Å². The molecule has 3 heterocycles. The predicted octanol–water partition coefficient (Wildman–Crippen LogP) is 2.33. The first-order valence-electron chi connectivity index (χ1n) is 9.67. The number of aromatic amines is 1. The van der Waals surface area contributed by atoms with E-state index in [2.05, 4.69) is 22.0 Å². The number of nitrogen functional groups attached to an aromatic ring is 1. The van der Waals surface area contributed by atoms with Crippen molar-refractivity contribution in [3.8, 4) is 17.5 Å². The second-order valence-electron chi connectivity index (χ2n) is 7.42. The summed E-state index contributed by atoms with van der Waals surface area (Å²) in [6, 6.07) is 8.02. The minimum Gasteiger partial charge on any atom is -0.381 e. The normalized spacial score (nSPS) is 16.5. The molecule has 1 atom stereocenters. The largest absolute Gasteiger partial charge is 0.381 e. The van der Waals surface area contributed by atoms with E-state index in [4.69, 9.17) is 5.73 Å². The van der Waals surface area contributed by atoms with Crippen LogP contribution in [0.4, 0.5) is 5.82 Å². The fraction of sp³-hybridized carbons (Fsp3) is 0.318. The number of piperidine rings is 1. The summed E-state index contributed by atoms with van der Waals surface area (Å²) in [5, 5.41) is 7.02. The lowest BCUT2D eigenvalue weighted by atomic mass is 9.90. The van der Waals surface area contributed by atoms with Crippen LogP contribution in [0.15, 0.2) is 35.3 Å². The third kappa shape index (κ3) is 3.38. The van der Waals surface area contributed by atoms with Gasteiger partial charge in [0.1, 0.15) is 5.52 Å². The summed E-state index contributed by atoms with van der Waals surface area (Å²) < 4.78 is 1.92. The number of hydrogen-bond acceptors (Lipinski definition) is 4. The Labute approximate surface area is 168 Å². The highest BCUT2D eigenvalue weighted by Gasteiger charge is 2.28. The van der Waals surface area contributed by atoms with Gasteiger partial charge in [-0.2, -0.15) is 5.10 Å². The van der Waals surface area contributed by atoms with Gasteiger partial charge < -0.3 is 15.2 Å². The van der Waals surface area contributed by atoms with Crippen molar-refractivity contribution in [3.05, 3.63) is 51.9 Å². The summed E-state index contributed by atoms with van der Waals surface area (Å²) in [4.78, 5) is 26.8. The molecule has 7 heteroatoms. The van der Waals surface area contributed by atoms with Crippen LogP contribution in [0.1, 0.15) is 36.8 Å². The number of aryl methyl sites for hydroxylation is 1. The number of rotatable bonds is 2. The number of H-pyrrole nitrogens is 1. The number of amides is 1. The molecule has 7 nitrogen and oxygen atoms in total. The van der Waals surface area contributed by atoms with Crippen molar-refractivity contribution in [2.45, 2.75) is 32.6 Å². The summed E-state index contributed by atoms with van der Waals surface area (Å²) in [7, 11) is 0. The van der Waals surface area contributed by atoms with E-state index < -0.39 is 0 Å². The quantitative estimate of drug-likeness (QED) is 0.658. The summed E-state index contributed by atoms with van der Waals surface area (Å²) >= 11 is 0. The van der Waals surface area contributed by atoms with Crippen LogP contribution in [0, 0.1) is 18.8 Å². The average molecular weight is 389 g/mol. The third-order valence-corrected chi connectivity index (χ3v) is 5.47. The lowest BCUT2D eigenvalue weighted by Gasteiger charge is -2.31. The number of aromatic nitrogens is 3. The molecular formula is C22H23N5O2. The molecule has 29 heavy (non-hydrogen) atoms. The molecule has 0 spiro atoms. The topological polar surface area (TPSA) is 97.0 Å². The Bertz CT molecular complexity index is 1190. The van der Waals surface area contributed by atoms with Gasteiger partial charge in [0.25, 0.3) is 11.5 Å². The van der Waals surface area contributed by atoms with Gasteiger partial charge in [-0.25, -0.2) is 5.10 Å². The lowest BCUT2D eigenvalue weighted by molar-refractivity contribution is -0.126. The van der Waals surface area contributed by atoms with Crippen LogP contribution in [-0.2, 0) is 4.79 Å². The van der Waals surface area contributed by atoms with Gasteiger partial charge in [-0.15, -0.1) is 0 Å². The van der Waals surface area contributed by atoms with Crippen molar-refractivity contribution in [1.82, 2.24) is 19.7 Å². The Kier molecular flexibility index (Phi) is 4.85. The van der Waals surface area contributed by atoms with E-state index in [-0.39, 0.29) is 23.2 Å². The van der Waals surface area contributed by atoms with E-state index in [1.165, 1.54) is 0 Å². The molecular weight excluding hydrogens is 366 g/mol. The lowest BCUT2D eigenvalue weighted by Crippen LogP contribution is -2.38. The van der Waals surface area contributed by atoms with E-state index in [1.54, 1.807) is 11.8 Å². The van der Waals surface area contributed by atoms with Crippen LogP contribution >= 0.6 is 0 Å². The molecule has 0 saturated carbocycles. The van der Waals surface area contributed by atoms with E-state index in [9.17, 15) is 9.59 Å². The number of nitrogens with two attached hydrogens (primary N) is 1. The highest BCUT2D eigenvalue weighted by molar-refractivity contribution is 5.94. The van der Waals surface area contributed by atoms with Crippen molar-refractivity contribution >= 4 is 22.6 Å². The van der Waals surface area contributed by atoms with Crippen LogP contribution in [0.3, 0.4) is 0 Å². The molecule has 0 radical (unpaired) electrons. The molecule has 4 rings (SSSR count). The molecule has 0 aliphatic carbocycles. The zero-order valence-electron chi connectivity index (χ0n) is 16.5. The number of carbonyl (C=O) groups excluding carboxylic acids is 1. The number of benzene rings is 1. The van der Waals surface area contributed by atoms with Gasteiger partial charge in [-0.05, 0) is 50.3 Å². The Morgan fingerprint density at radius 3 is 2.79 bits per heavy atom. The molecule has 148 valence electrons. The van der Waals surface area contributed by atoms with E-state index in [0.717, 1.165) is 29.7 Å². The van der Waals surface area contributed by atoms with Crippen LogP contribution in [0.25, 0.3) is 16.6 Å². The number of nitrogens with zero attached hydrogens (tertiary/aromatic N) is 3. The maximum Gasteiger partial charge on any atom is 0.298 e. The maximum absolute atomic E-state index is 12.7. The maximum atomic E-state index is 12.7. The second-order valence-corrected chi connectivity index (χ2v) is 7.42. The average Bonchev–Trinajstić information content (AvgIpc) is 3.14. The Balaban J connectivity index is 1.85. The summed E-state index contributed by atoms with van der Waals surface area (Å²) in [6.45, 7) is 4.89. The van der Waals surface area contributed by atoms with Crippen LogP contribution in [0.2, 0.25) is 0 Å². The smallest absolute Gasteiger partial charge is 0.298 e. The van der Waals surface area contributed by atoms with E-state index >= 15 is 0 Å². The number of hydrogen-bond donors (Lipinski definition) is 2. The minimum atomic E-state index is -0.271. The number of fused-ring (bicyclic) bond motifs is 1. The van der Waals surface area contributed by atoms with Crippen molar-refractivity contribution in [2.24, 2.45) is 0 Å². The Hall–Kier alpha value is -3.53. The van der Waals surface area contributed by atoms with Gasteiger partial charge in [-0.3, -0.25) is 9.59 Å². The van der Waals surface area contributed by atoms with E-state index in [1.807, 2.05) is 42.0 Å². The van der Waals surface area contributed by atoms with Gasteiger partial charge in [0.05, 0.1) is 5.39 Å². The van der Waals surface area contributed by atoms with Crippen molar-refractivity contribution < 1.29 is 4.79 Å². The molecule has 1 amide bonds. The zero-order chi connectivity index (χ0) is 20.5. The number of nitrogens with one attached hydrogen (secondary N) is 1. The summed E-state index contributed by atoms with van der Waals surface area (Å²) in [5.74, 6) is 5.42. The molecule has 1 aliphatic heterocycles. The highest BCUT2D eigenvalue weighted by Crippen LogP contribution is 2.34. The minimum absolute atomic E-state index is 0.0310. The van der Waals surface area contributed by atoms with Crippen molar-refractivity contribution in [3.63, 3.8) is 0 Å². The van der Waals surface area contributed by atoms with Gasteiger partial charge in [0, 0.05) is 30.9 Å². The highest BCUT2D eigenvalue weighted by atomic mass is 16.2. The molecule has 1 fully saturated rings. The second kappa shape index (κ2) is 7.47. The van der Waals surface area contributed by atoms with Gasteiger partial charge in [0.2, 0.25) is 0 Å². The summed E-state index contributed by atoms with van der Waals surface area (Å²) in [5.41, 5.74) is 9.44. The number of anilines is 1. The summed E-state index contributed by atoms with van der Waals surface area (Å²) in [6.07, 6.45) is 3.71. The zero-order valence-corrected chi connectivity index (χ0v) is 16.5. The number of likely N-dealkylation sites (tertiary alicyclic amines) is 1. The molecule has 3 N–H and O–H groups in total. The first-order valence-corrected chi connectivity index (χ1v) is 9.67. The van der Waals surface area contributed by atoms with Crippen LogP contribution < -0.4 is 11.3 Å². The SMILES string of the molecule is CC#CC(=O)N1CCCC(c2cn(-c3ccc(C)cc3)c3c(N)n[nH]c(=O)c23)C1. The van der Waals surface area contributed by atoms with E-state index in [0.29, 0.717) is 24.0 Å². The molecule has 0 bridgehead atoms. The van der Waals surface area contributed by atoms with Crippen molar-refractivity contribution in [2.75, 3.05) is 18.8 Å². The molecule has 1 unspecified atom stereocenters. The Morgan fingerprint density at radius 1 is 1.31 bits per heavy atom. The predicted molar refractivity (Wildman–Crippen MR) is 113 cm³/mol. The first kappa shape index (κ1) is 18.8. The van der Waals surface area contributed by atoms with Crippen molar-refractivity contribution in [1.29, 1.82) is 0 Å². The molecule has 1 saturated heterocycles. The monoisotopic (exact) mass is 389 g/mol. The first-order chi connectivity index (χ1) is 14.0. The fourth-order valence-corrected chi connectivity index (χ4v) is 4.06. The Morgan fingerprint density at radius 2 is 2.07 bits per heavy atom. The number of carbonyl (C=O) groups is 1. The molecule has 2 aromatic heterocycles. The van der Waals surface area contributed by atoms with Crippen LogP contribution in [0.5, 0.6) is 0 Å². The van der Waals surface area contributed by atoms with Gasteiger partial charge >= 0.3 is 0 Å². The third-order valence-electron chi connectivity index (χ3n) is 5.47. The van der Waals surface area contributed by atoms with Gasteiger partial charge in [0.15, 0.2) is 5.82 Å². The molecule has 3 aromatic rings.